The van der Waals surface area contributed by atoms with Crippen molar-refractivity contribution in [1.82, 2.24) is 4.90 Å². The summed E-state index contributed by atoms with van der Waals surface area (Å²) in [5, 5.41) is 9.41. The van der Waals surface area contributed by atoms with Gasteiger partial charge in [0.1, 0.15) is 0 Å². The molecule has 0 aliphatic carbocycles. The predicted octanol–water partition coefficient (Wildman–Crippen LogP) is 11.3. The maximum absolute atomic E-state index is 12.6. The highest BCUT2D eigenvalue weighted by Crippen LogP contribution is 2.14. The van der Waals surface area contributed by atoms with E-state index < -0.39 is 0 Å². The molecule has 0 atom stereocenters. The summed E-state index contributed by atoms with van der Waals surface area (Å²) in [5.74, 6) is 0.247. The second kappa shape index (κ2) is 33.4. The standard InChI is InChI=1S/C36H71NO2/c1-3-5-7-9-11-13-15-17-19-20-22-24-26-28-30-32-36(39)37(34-35-38)33-31-29-27-25-23-21-18-16-14-12-10-8-6-4-2/h17,19,38H,3-16,18,20-35H2,1-2H3. The lowest BCUT2D eigenvalue weighted by molar-refractivity contribution is -0.131. The summed E-state index contributed by atoms with van der Waals surface area (Å²) in [6.45, 7) is 5.96. The number of unbranched alkanes of at least 4 members (excludes halogenated alkanes) is 24. The number of amides is 1. The molecule has 0 spiro atoms. The summed E-state index contributed by atoms with van der Waals surface area (Å²) in [6.07, 6.45) is 41.0. The van der Waals surface area contributed by atoms with E-state index in [1.54, 1.807) is 0 Å². The van der Waals surface area contributed by atoms with E-state index in [4.69, 9.17) is 0 Å². The summed E-state index contributed by atoms with van der Waals surface area (Å²) < 4.78 is 0. The molecule has 0 aliphatic heterocycles. The predicted molar refractivity (Wildman–Crippen MR) is 173 cm³/mol. The van der Waals surface area contributed by atoms with Crippen LogP contribution in [0, 0.1) is 0 Å². The number of aliphatic hydroxyl groups excluding tert-OH is 1. The molecule has 1 N–H and O–H groups in total. The van der Waals surface area contributed by atoms with Gasteiger partial charge in [0.2, 0.25) is 5.91 Å². The summed E-state index contributed by atoms with van der Waals surface area (Å²) in [6, 6.07) is 0. The van der Waals surface area contributed by atoms with Crippen molar-refractivity contribution in [3.05, 3.63) is 12.2 Å². The number of hydrogen-bond acceptors (Lipinski definition) is 2. The molecule has 0 heterocycles. The van der Waals surface area contributed by atoms with Crippen molar-refractivity contribution < 1.29 is 9.90 Å². The zero-order valence-electron chi connectivity index (χ0n) is 26.9. The topological polar surface area (TPSA) is 40.5 Å². The average molecular weight is 550 g/mol. The third-order valence-electron chi connectivity index (χ3n) is 8.16. The van der Waals surface area contributed by atoms with Crippen LogP contribution in [0.15, 0.2) is 12.2 Å². The van der Waals surface area contributed by atoms with Crippen LogP contribution in [-0.2, 0) is 4.79 Å². The average Bonchev–Trinajstić information content (AvgIpc) is 2.94. The van der Waals surface area contributed by atoms with Crippen molar-refractivity contribution in [2.75, 3.05) is 19.7 Å². The minimum absolute atomic E-state index is 0.0801. The minimum atomic E-state index is 0.0801. The number of aliphatic hydroxyl groups is 1. The maximum Gasteiger partial charge on any atom is 0.222 e. The zero-order chi connectivity index (χ0) is 28.5. The molecular formula is C36H71NO2. The van der Waals surface area contributed by atoms with Crippen LogP contribution < -0.4 is 0 Å². The lowest BCUT2D eigenvalue weighted by Gasteiger charge is -2.22. The van der Waals surface area contributed by atoms with Gasteiger partial charge >= 0.3 is 0 Å². The van der Waals surface area contributed by atoms with Crippen LogP contribution in [0.1, 0.15) is 194 Å². The quantitative estimate of drug-likeness (QED) is 0.0669. The molecule has 3 heteroatoms. The van der Waals surface area contributed by atoms with E-state index in [1.165, 1.54) is 154 Å². The molecule has 0 saturated heterocycles. The normalized spacial score (nSPS) is 11.6. The highest BCUT2D eigenvalue weighted by molar-refractivity contribution is 5.76. The van der Waals surface area contributed by atoms with E-state index in [1.807, 2.05) is 4.90 Å². The number of carbonyl (C=O) groups excluding carboxylic acids is 1. The molecule has 0 rings (SSSR count). The monoisotopic (exact) mass is 550 g/mol. The first-order valence-electron chi connectivity index (χ1n) is 17.8. The molecule has 0 aromatic carbocycles. The van der Waals surface area contributed by atoms with Crippen LogP contribution >= 0.6 is 0 Å². The molecule has 0 bridgehead atoms. The van der Waals surface area contributed by atoms with E-state index in [2.05, 4.69) is 26.0 Å². The Kier molecular flexibility index (Phi) is 32.7. The minimum Gasteiger partial charge on any atom is -0.395 e. The van der Waals surface area contributed by atoms with E-state index in [0.717, 1.165) is 25.8 Å². The summed E-state index contributed by atoms with van der Waals surface area (Å²) in [5.41, 5.74) is 0. The van der Waals surface area contributed by atoms with Crippen molar-refractivity contribution in [3.8, 4) is 0 Å². The van der Waals surface area contributed by atoms with Crippen LogP contribution in [0.4, 0.5) is 0 Å². The zero-order valence-corrected chi connectivity index (χ0v) is 26.9. The van der Waals surface area contributed by atoms with Gasteiger partial charge in [-0.05, 0) is 38.5 Å². The lowest BCUT2D eigenvalue weighted by Crippen LogP contribution is -2.34. The molecule has 0 aromatic rings. The van der Waals surface area contributed by atoms with Gasteiger partial charge in [-0.25, -0.2) is 0 Å². The third kappa shape index (κ3) is 30.0. The fourth-order valence-electron chi connectivity index (χ4n) is 5.48. The highest BCUT2D eigenvalue weighted by Gasteiger charge is 2.12. The van der Waals surface area contributed by atoms with Crippen molar-refractivity contribution in [2.24, 2.45) is 0 Å². The van der Waals surface area contributed by atoms with Gasteiger partial charge < -0.3 is 10.0 Å². The Bertz CT molecular complexity index is 504. The molecule has 0 unspecified atom stereocenters. The van der Waals surface area contributed by atoms with Gasteiger partial charge in [-0.1, -0.05) is 161 Å². The summed E-state index contributed by atoms with van der Waals surface area (Å²) in [7, 11) is 0. The van der Waals surface area contributed by atoms with E-state index in [-0.39, 0.29) is 12.5 Å². The SMILES string of the molecule is CCCCCCCCC=CCCCCCCCC(=O)N(CCO)CCCCCCCCCCCCCCCC. The van der Waals surface area contributed by atoms with Crippen LogP contribution in [0.25, 0.3) is 0 Å². The van der Waals surface area contributed by atoms with Crippen molar-refractivity contribution >= 4 is 5.91 Å². The molecule has 0 aliphatic rings. The van der Waals surface area contributed by atoms with Crippen LogP contribution in [0.3, 0.4) is 0 Å². The van der Waals surface area contributed by atoms with Crippen molar-refractivity contribution in [1.29, 1.82) is 0 Å². The number of nitrogens with zero attached hydrogens (tertiary/aromatic N) is 1. The van der Waals surface area contributed by atoms with Crippen LogP contribution in [0.2, 0.25) is 0 Å². The van der Waals surface area contributed by atoms with E-state index >= 15 is 0 Å². The second-order valence-corrected chi connectivity index (χ2v) is 12.0. The fourth-order valence-corrected chi connectivity index (χ4v) is 5.48. The molecule has 39 heavy (non-hydrogen) atoms. The van der Waals surface area contributed by atoms with E-state index in [9.17, 15) is 9.90 Å². The Balaban J connectivity index is 3.56. The fraction of sp³-hybridized carbons (Fsp3) is 0.917. The molecule has 1 amide bonds. The number of rotatable bonds is 32. The van der Waals surface area contributed by atoms with Crippen molar-refractivity contribution in [2.45, 2.75) is 194 Å². The molecule has 0 fully saturated rings. The molecule has 3 nitrogen and oxygen atoms in total. The maximum atomic E-state index is 12.6. The highest BCUT2D eigenvalue weighted by atomic mass is 16.3. The largest absolute Gasteiger partial charge is 0.395 e. The number of allylic oxidation sites excluding steroid dienone is 2. The first kappa shape index (κ1) is 38.2. The first-order chi connectivity index (χ1) is 19.3. The molecule has 0 aromatic heterocycles. The Hall–Kier alpha value is -0.830. The van der Waals surface area contributed by atoms with Gasteiger partial charge in [0.05, 0.1) is 6.61 Å². The third-order valence-corrected chi connectivity index (χ3v) is 8.16. The van der Waals surface area contributed by atoms with Gasteiger partial charge in [-0.15, -0.1) is 0 Å². The Morgan fingerprint density at radius 3 is 1.26 bits per heavy atom. The first-order valence-corrected chi connectivity index (χ1v) is 17.8. The Labute approximate surface area is 246 Å². The van der Waals surface area contributed by atoms with Gasteiger partial charge in [0, 0.05) is 19.5 Å². The van der Waals surface area contributed by atoms with Gasteiger partial charge in [-0.2, -0.15) is 0 Å². The van der Waals surface area contributed by atoms with Gasteiger partial charge in [0.25, 0.3) is 0 Å². The molecule has 232 valence electrons. The molecular weight excluding hydrogens is 478 g/mol. The van der Waals surface area contributed by atoms with Crippen LogP contribution in [0.5, 0.6) is 0 Å². The molecule has 0 radical (unpaired) electrons. The van der Waals surface area contributed by atoms with Crippen LogP contribution in [-0.4, -0.2) is 35.6 Å². The Morgan fingerprint density at radius 1 is 0.487 bits per heavy atom. The van der Waals surface area contributed by atoms with Crippen molar-refractivity contribution in [3.63, 3.8) is 0 Å². The molecule has 0 saturated carbocycles. The van der Waals surface area contributed by atoms with E-state index in [0.29, 0.717) is 13.0 Å². The second-order valence-electron chi connectivity index (χ2n) is 12.0. The lowest BCUT2D eigenvalue weighted by atomic mass is 10.0. The number of carbonyl (C=O) groups is 1. The Morgan fingerprint density at radius 2 is 0.846 bits per heavy atom. The van der Waals surface area contributed by atoms with Gasteiger partial charge in [0.15, 0.2) is 0 Å². The van der Waals surface area contributed by atoms with Gasteiger partial charge in [-0.3, -0.25) is 4.79 Å². The smallest absolute Gasteiger partial charge is 0.222 e. The summed E-state index contributed by atoms with van der Waals surface area (Å²) in [4.78, 5) is 14.5. The number of hydrogen-bond donors (Lipinski definition) is 1. The summed E-state index contributed by atoms with van der Waals surface area (Å²) >= 11 is 0.